The minimum atomic E-state index is 0.819. The smallest absolute Gasteiger partial charge is 0.0112 e. The zero-order chi connectivity index (χ0) is 12.1. The summed E-state index contributed by atoms with van der Waals surface area (Å²) in [6.07, 6.45) is 7.05. The van der Waals surface area contributed by atoms with Crippen molar-refractivity contribution in [2.75, 3.05) is 38.2 Å². The average molecular weight is 256 g/mol. The molecule has 0 aromatic rings. The van der Waals surface area contributed by atoms with Crippen LogP contribution in [-0.4, -0.2) is 60.1 Å². The first kappa shape index (κ1) is 13.7. The summed E-state index contributed by atoms with van der Waals surface area (Å²) in [5, 5.41) is 0. The Kier molecular flexibility index (Phi) is 5.64. The number of likely N-dealkylation sites (N-methyl/N-ethyl adjacent to an activating group) is 1. The minimum absolute atomic E-state index is 0.819. The molecule has 2 rings (SSSR count). The lowest BCUT2D eigenvalue weighted by Crippen LogP contribution is -2.44. The van der Waals surface area contributed by atoms with E-state index in [0.717, 1.165) is 12.1 Å². The molecular weight excluding hydrogens is 228 g/mol. The fourth-order valence-electron chi connectivity index (χ4n) is 3.08. The first-order valence-corrected chi connectivity index (χ1v) is 8.45. The molecule has 2 nitrogen and oxygen atoms in total. The van der Waals surface area contributed by atoms with Crippen LogP contribution >= 0.6 is 11.8 Å². The molecule has 0 aliphatic carbocycles. The Morgan fingerprint density at radius 2 is 1.94 bits per heavy atom. The number of hydrogen-bond donors (Lipinski definition) is 0. The summed E-state index contributed by atoms with van der Waals surface area (Å²) in [5.41, 5.74) is 0. The monoisotopic (exact) mass is 256 g/mol. The molecular formula is C14H28N2S. The fraction of sp³-hybridized carbons (Fsp3) is 1.00. The second-order valence-electron chi connectivity index (χ2n) is 5.70. The van der Waals surface area contributed by atoms with Gasteiger partial charge in [0, 0.05) is 25.2 Å². The summed E-state index contributed by atoms with van der Waals surface area (Å²) < 4.78 is 0. The van der Waals surface area contributed by atoms with Crippen molar-refractivity contribution in [3.05, 3.63) is 0 Å². The maximum atomic E-state index is 2.69. The number of likely N-dealkylation sites (tertiary alicyclic amines) is 1. The number of nitrogens with zero attached hydrogens (tertiary/aromatic N) is 2. The van der Waals surface area contributed by atoms with E-state index >= 15 is 0 Å². The Morgan fingerprint density at radius 3 is 2.65 bits per heavy atom. The quantitative estimate of drug-likeness (QED) is 0.763. The third-order valence-electron chi connectivity index (χ3n) is 4.49. The van der Waals surface area contributed by atoms with Gasteiger partial charge in [-0.3, -0.25) is 4.90 Å². The van der Waals surface area contributed by atoms with Gasteiger partial charge in [0.1, 0.15) is 0 Å². The van der Waals surface area contributed by atoms with Gasteiger partial charge in [-0.25, -0.2) is 0 Å². The standard InChI is InChI=1S/C14H28N2S/c1-13-5-3-4-8-16(13)10-9-15(2)14-6-11-17-12-7-14/h13-14H,3-12H2,1-2H3/t13-/m0/s1. The lowest BCUT2D eigenvalue weighted by atomic mass is 10.0. The van der Waals surface area contributed by atoms with Gasteiger partial charge in [-0.15, -0.1) is 0 Å². The molecule has 0 spiro atoms. The number of thioether (sulfide) groups is 1. The molecule has 0 saturated carbocycles. The van der Waals surface area contributed by atoms with E-state index in [4.69, 9.17) is 0 Å². The van der Waals surface area contributed by atoms with Crippen LogP contribution in [0.4, 0.5) is 0 Å². The van der Waals surface area contributed by atoms with E-state index in [9.17, 15) is 0 Å². The summed E-state index contributed by atoms with van der Waals surface area (Å²) in [5.74, 6) is 2.74. The lowest BCUT2D eigenvalue weighted by molar-refractivity contribution is 0.127. The molecule has 0 radical (unpaired) electrons. The topological polar surface area (TPSA) is 6.48 Å². The highest BCUT2D eigenvalue weighted by Gasteiger charge is 2.21. The Hall–Kier alpha value is 0.270. The Labute approximate surface area is 111 Å². The van der Waals surface area contributed by atoms with E-state index in [1.807, 2.05) is 0 Å². The normalized spacial score (nSPS) is 28.8. The zero-order valence-electron chi connectivity index (χ0n) is 11.5. The van der Waals surface area contributed by atoms with Crippen LogP contribution in [-0.2, 0) is 0 Å². The molecule has 0 aromatic heterocycles. The van der Waals surface area contributed by atoms with Crippen molar-refractivity contribution in [1.29, 1.82) is 0 Å². The van der Waals surface area contributed by atoms with Gasteiger partial charge in [-0.05, 0) is 57.7 Å². The zero-order valence-corrected chi connectivity index (χ0v) is 12.3. The maximum Gasteiger partial charge on any atom is 0.0112 e. The molecule has 0 amide bonds. The molecule has 17 heavy (non-hydrogen) atoms. The summed E-state index contributed by atoms with van der Waals surface area (Å²) in [6.45, 7) is 6.27. The fourth-order valence-corrected chi connectivity index (χ4v) is 4.17. The number of piperidine rings is 1. The van der Waals surface area contributed by atoms with E-state index in [2.05, 4.69) is 35.5 Å². The molecule has 100 valence electrons. The third kappa shape index (κ3) is 4.15. The average Bonchev–Trinajstić information content (AvgIpc) is 2.38. The summed E-state index contributed by atoms with van der Waals surface area (Å²) in [4.78, 5) is 5.30. The van der Waals surface area contributed by atoms with Crippen LogP contribution in [0.5, 0.6) is 0 Å². The maximum absolute atomic E-state index is 2.69. The van der Waals surface area contributed by atoms with Crippen LogP contribution in [0.1, 0.15) is 39.0 Å². The summed E-state index contributed by atoms with van der Waals surface area (Å²) in [7, 11) is 2.33. The van der Waals surface area contributed by atoms with Crippen molar-refractivity contribution >= 4 is 11.8 Å². The molecule has 0 bridgehead atoms. The first-order chi connectivity index (χ1) is 8.27. The van der Waals surface area contributed by atoms with Crippen molar-refractivity contribution in [3.63, 3.8) is 0 Å². The van der Waals surface area contributed by atoms with Gasteiger partial charge in [0.25, 0.3) is 0 Å². The summed E-state index contributed by atoms with van der Waals surface area (Å²) >= 11 is 2.13. The highest BCUT2D eigenvalue weighted by molar-refractivity contribution is 7.99. The van der Waals surface area contributed by atoms with Crippen LogP contribution in [0.2, 0.25) is 0 Å². The van der Waals surface area contributed by atoms with Crippen LogP contribution in [0.15, 0.2) is 0 Å². The molecule has 2 aliphatic rings. The van der Waals surface area contributed by atoms with Gasteiger partial charge in [0.05, 0.1) is 0 Å². The van der Waals surface area contributed by atoms with Crippen LogP contribution in [0, 0.1) is 0 Å². The predicted octanol–water partition coefficient (Wildman–Crippen LogP) is 2.69. The molecule has 1 atom stereocenters. The Morgan fingerprint density at radius 1 is 1.18 bits per heavy atom. The molecule has 2 aliphatic heterocycles. The highest BCUT2D eigenvalue weighted by Crippen LogP contribution is 2.21. The van der Waals surface area contributed by atoms with Crippen molar-refractivity contribution in [2.45, 2.75) is 51.1 Å². The number of hydrogen-bond acceptors (Lipinski definition) is 3. The van der Waals surface area contributed by atoms with Crippen molar-refractivity contribution < 1.29 is 0 Å². The summed E-state index contributed by atoms with van der Waals surface area (Å²) in [6, 6.07) is 1.68. The van der Waals surface area contributed by atoms with Crippen molar-refractivity contribution in [2.24, 2.45) is 0 Å². The Balaban J connectivity index is 1.69. The molecule has 2 saturated heterocycles. The largest absolute Gasteiger partial charge is 0.302 e. The van der Waals surface area contributed by atoms with Gasteiger partial charge in [0.2, 0.25) is 0 Å². The van der Waals surface area contributed by atoms with Crippen molar-refractivity contribution in [3.8, 4) is 0 Å². The van der Waals surface area contributed by atoms with Gasteiger partial charge < -0.3 is 4.90 Å². The van der Waals surface area contributed by atoms with Gasteiger partial charge >= 0.3 is 0 Å². The second kappa shape index (κ2) is 7.01. The molecule has 3 heteroatoms. The molecule has 0 N–H and O–H groups in total. The predicted molar refractivity (Wildman–Crippen MR) is 77.9 cm³/mol. The number of rotatable bonds is 4. The van der Waals surface area contributed by atoms with E-state index < -0.39 is 0 Å². The van der Waals surface area contributed by atoms with E-state index in [1.54, 1.807) is 0 Å². The van der Waals surface area contributed by atoms with E-state index in [0.29, 0.717) is 0 Å². The third-order valence-corrected chi connectivity index (χ3v) is 5.54. The van der Waals surface area contributed by atoms with E-state index in [1.165, 1.54) is 63.2 Å². The lowest BCUT2D eigenvalue weighted by Gasteiger charge is -2.37. The molecule has 0 unspecified atom stereocenters. The van der Waals surface area contributed by atoms with Gasteiger partial charge in [0.15, 0.2) is 0 Å². The highest BCUT2D eigenvalue weighted by atomic mass is 32.2. The molecule has 0 aromatic carbocycles. The van der Waals surface area contributed by atoms with E-state index in [-0.39, 0.29) is 0 Å². The molecule has 2 heterocycles. The SMILES string of the molecule is C[C@H]1CCCCN1CCN(C)C1CCSCC1. The van der Waals surface area contributed by atoms with Crippen molar-refractivity contribution in [1.82, 2.24) is 9.80 Å². The minimum Gasteiger partial charge on any atom is -0.302 e. The second-order valence-corrected chi connectivity index (χ2v) is 6.93. The van der Waals surface area contributed by atoms with Gasteiger partial charge in [-0.2, -0.15) is 11.8 Å². The van der Waals surface area contributed by atoms with Crippen LogP contribution < -0.4 is 0 Å². The van der Waals surface area contributed by atoms with Crippen LogP contribution in [0.3, 0.4) is 0 Å². The van der Waals surface area contributed by atoms with Crippen LogP contribution in [0.25, 0.3) is 0 Å². The first-order valence-electron chi connectivity index (χ1n) is 7.29. The Bertz CT molecular complexity index is 216. The van der Waals surface area contributed by atoms with Gasteiger partial charge in [-0.1, -0.05) is 6.42 Å². The molecule has 2 fully saturated rings.